The minimum absolute atomic E-state index is 0.0685. The zero-order valence-corrected chi connectivity index (χ0v) is 51.3. The van der Waals surface area contributed by atoms with Crippen molar-refractivity contribution in [2.45, 2.75) is 380 Å². The number of esters is 3. The summed E-state index contributed by atoms with van der Waals surface area (Å²) in [5, 5.41) is 0. The molecule has 6 nitrogen and oxygen atoms in total. The van der Waals surface area contributed by atoms with Crippen molar-refractivity contribution < 1.29 is 28.6 Å². The Morgan fingerprint density at radius 1 is 0.263 bits per heavy atom. The predicted octanol–water partition coefficient (Wildman–Crippen LogP) is 23.2. The summed E-state index contributed by atoms with van der Waals surface area (Å²) >= 11 is 0. The predicted molar refractivity (Wildman–Crippen MR) is 330 cm³/mol. The maximum absolute atomic E-state index is 12.9. The Labute approximate surface area is 474 Å². The van der Waals surface area contributed by atoms with Gasteiger partial charge in [-0.2, -0.15) is 0 Å². The van der Waals surface area contributed by atoms with Crippen LogP contribution in [-0.4, -0.2) is 37.2 Å². The summed E-state index contributed by atoms with van der Waals surface area (Å²) in [5.41, 5.74) is 0. The average molecular weight is 1070 g/mol. The number of carbonyl (C=O) groups is 3. The second-order valence-electron chi connectivity index (χ2n) is 23.1. The summed E-state index contributed by atoms with van der Waals surface area (Å²) in [4.78, 5) is 38.4. The highest BCUT2D eigenvalue weighted by Gasteiger charge is 2.19. The first kappa shape index (κ1) is 73.6. The first-order valence-corrected chi connectivity index (χ1v) is 34.0. The highest BCUT2D eigenvalue weighted by Crippen LogP contribution is 2.18. The van der Waals surface area contributed by atoms with E-state index in [1.807, 2.05) is 0 Å². The molecule has 6 heteroatoms. The molecule has 0 amide bonds. The van der Waals surface area contributed by atoms with Gasteiger partial charge in [0.15, 0.2) is 6.10 Å². The fraction of sp³-hybridized carbons (Fsp3) is 0.871. The number of rotatable bonds is 63. The lowest BCUT2D eigenvalue weighted by Gasteiger charge is -2.18. The molecule has 0 fully saturated rings. The van der Waals surface area contributed by atoms with Gasteiger partial charge >= 0.3 is 17.9 Å². The molecule has 0 rings (SSSR count). The molecule has 0 aliphatic carbocycles. The molecule has 0 aliphatic heterocycles. The van der Waals surface area contributed by atoms with E-state index in [4.69, 9.17) is 14.2 Å². The van der Waals surface area contributed by atoms with Crippen LogP contribution in [0.5, 0.6) is 0 Å². The van der Waals surface area contributed by atoms with Crippen molar-refractivity contribution >= 4 is 17.9 Å². The molecule has 0 radical (unpaired) electrons. The number of hydrogen-bond donors (Lipinski definition) is 0. The molecule has 0 saturated carbocycles. The van der Waals surface area contributed by atoms with Crippen LogP contribution < -0.4 is 0 Å². The number of hydrogen-bond acceptors (Lipinski definition) is 6. The van der Waals surface area contributed by atoms with Gasteiger partial charge in [-0.15, -0.1) is 0 Å². The van der Waals surface area contributed by atoms with Crippen molar-refractivity contribution in [3.8, 4) is 0 Å². The van der Waals surface area contributed by atoms with Crippen LogP contribution in [0.1, 0.15) is 374 Å². The van der Waals surface area contributed by atoms with Crippen LogP contribution >= 0.6 is 0 Å². The number of ether oxygens (including phenoxy) is 3. The second-order valence-corrected chi connectivity index (χ2v) is 23.1. The molecule has 0 aromatic carbocycles. The van der Waals surface area contributed by atoms with Gasteiger partial charge in [0.1, 0.15) is 13.2 Å². The summed E-state index contributed by atoms with van der Waals surface area (Å²) in [6.07, 6.45) is 80.1. The van der Waals surface area contributed by atoms with Gasteiger partial charge in [-0.3, -0.25) is 14.4 Å². The maximum atomic E-state index is 12.9. The van der Waals surface area contributed by atoms with Gasteiger partial charge in [0.2, 0.25) is 0 Å². The molecular weight excluding hydrogens is 937 g/mol. The summed E-state index contributed by atoms with van der Waals surface area (Å²) in [6.45, 7) is 6.70. The van der Waals surface area contributed by atoms with Crippen molar-refractivity contribution in [2.24, 2.45) is 0 Å². The fourth-order valence-electron chi connectivity index (χ4n) is 10.3. The molecule has 446 valence electrons. The van der Waals surface area contributed by atoms with Crippen molar-refractivity contribution in [2.75, 3.05) is 13.2 Å². The van der Waals surface area contributed by atoms with Crippen LogP contribution in [0.4, 0.5) is 0 Å². The minimum atomic E-state index is -0.772. The summed E-state index contributed by atoms with van der Waals surface area (Å²) in [7, 11) is 0. The van der Waals surface area contributed by atoms with E-state index < -0.39 is 6.10 Å². The minimum Gasteiger partial charge on any atom is -0.462 e. The SMILES string of the molecule is CCCCCCC/C=C\C/C=C\C/C=C\CCCCCCCCCCC(=O)OCC(COC(=O)CCCCCCCCCCCCCCCCCC)OC(=O)CCCCCCCCCCCCCCCCCCCCC. The second kappa shape index (κ2) is 65.2. The monoisotopic (exact) mass is 1070 g/mol. The van der Waals surface area contributed by atoms with Crippen molar-refractivity contribution in [3.63, 3.8) is 0 Å². The zero-order valence-electron chi connectivity index (χ0n) is 51.3. The Balaban J connectivity index is 4.32. The summed E-state index contributed by atoms with van der Waals surface area (Å²) < 4.78 is 17.0. The number of carbonyl (C=O) groups excluding carboxylic acids is 3. The largest absolute Gasteiger partial charge is 0.462 e. The fourth-order valence-corrected chi connectivity index (χ4v) is 10.3. The molecule has 0 N–H and O–H groups in total. The Kier molecular flexibility index (Phi) is 63.1. The first-order valence-electron chi connectivity index (χ1n) is 34.0. The van der Waals surface area contributed by atoms with Crippen LogP contribution in [0.3, 0.4) is 0 Å². The Morgan fingerprint density at radius 3 is 0.737 bits per heavy atom. The Hall–Kier alpha value is -2.37. The van der Waals surface area contributed by atoms with Gasteiger partial charge in [0.25, 0.3) is 0 Å². The van der Waals surface area contributed by atoms with E-state index in [-0.39, 0.29) is 31.1 Å². The number of allylic oxidation sites excluding steroid dienone is 6. The third-order valence-corrected chi connectivity index (χ3v) is 15.4. The molecule has 1 unspecified atom stereocenters. The molecule has 0 heterocycles. The topological polar surface area (TPSA) is 78.9 Å². The molecule has 76 heavy (non-hydrogen) atoms. The van der Waals surface area contributed by atoms with Crippen LogP contribution in [0.25, 0.3) is 0 Å². The Morgan fingerprint density at radius 2 is 0.474 bits per heavy atom. The third-order valence-electron chi connectivity index (χ3n) is 15.4. The van der Waals surface area contributed by atoms with Crippen LogP contribution in [0, 0.1) is 0 Å². The summed E-state index contributed by atoms with van der Waals surface area (Å²) in [5.74, 6) is -0.846. The number of unbranched alkanes of at least 4 members (excludes halogenated alkanes) is 46. The third kappa shape index (κ3) is 62.5. The summed E-state index contributed by atoms with van der Waals surface area (Å²) in [6, 6.07) is 0. The van der Waals surface area contributed by atoms with E-state index in [1.165, 1.54) is 257 Å². The normalized spacial score (nSPS) is 12.2. The lowest BCUT2D eigenvalue weighted by atomic mass is 10.0. The standard InChI is InChI=1S/C70H130O6/c1-4-7-10-13-16-19-22-25-28-31-33-34-35-36-38-39-42-45-48-51-54-57-60-63-69(72)75-66-67(65-74-68(71)62-59-56-53-50-47-44-41-30-27-24-21-18-15-12-9-6-3)76-70(73)64-61-58-55-52-49-46-43-40-37-32-29-26-23-20-17-14-11-8-5-2/h22,25,31,33,35-36,67H,4-21,23-24,26-30,32,34,37-66H2,1-3H3/b25-22-,33-31-,36-35-. The quantitative estimate of drug-likeness (QED) is 0.0261. The van der Waals surface area contributed by atoms with Gasteiger partial charge in [0.05, 0.1) is 0 Å². The maximum Gasteiger partial charge on any atom is 0.306 e. The molecular formula is C70H130O6. The van der Waals surface area contributed by atoms with Gasteiger partial charge in [-0.25, -0.2) is 0 Å². The highest BCUT2D eigenvalue weighted by molar-refractivity contribution is 5.71. The van der Waals surface area contributed by atoms with E-state index in [9.17, 15) is 14.4 Å². The first-order chi connectivity index (χ1) is 37.5. The molecule has 0 bridgehead atoms. The van der Waals surface area contributed by atoms with Crippen molar-refractivity contribution in [1.29, 1.82) is 0 Å². The molecule has 0 aromatic rings. The molecule has 0 aliphatic rings. The van der Waals surface area contributed by atoms with Gasteiger partial charge in [-0.1, -0.05) is 333 Å². The van der Waals surface area contributed by atoms with E-state index in [1.54, 1.807) is 0 Å². The average Bonchev–Trinajstić information content (AvgIpc) is 3.42. The van der Waals surface area contributed by atoms with E-state index >= 15 is 0 Å². The van der Waals surface area contributed by atoms with Crippen LogP contribution in [0.2, 0.25) is 0 Å². The van der Waals surface area contributed by atoms with Gasteiger partial charge < -0.3 is 14.2 Å². The zero-order chi connectivity index (χ0) is 55.0. The van der Waals surface area contributed by atoms with Crippen molar-refractivity contribution in [3.05, 3.63) is 36.5 Å². The van der Waals surface area contributed by atoms with E-state index in [2.05, 4.69) is 57.2 Å². The lowest BCUT2D eigenvalue weighted by Crippen LogP contribution is -2.30. The molecule has 0 aromatic heterocycles. The van der Waals surface area contributed by atoms with E-state index in [0.717, 1.165) is 77.0 Å². The Bertz CT molecular complexity index is 1270. The van der Waals surface area contributed by atoms with E-state index in [0.29, 0.717) is 19.3 Å². The molecule has 1 atom stereocenters. The van der Waals surface area contributed by atoms with Crippen LogP contribution in [-0.2, 0) is 28.6 Å². The van der Waals surface area contributed by atoms with Gasteiger partial charge in [-0.05, 0) is 57.8 Å². The van der Waals surface area contributed by atoms with Gasteiger partial charge in [0, 0.05) is 19.3 Å². The van der Waals surface area contributed by atoms with Crippen molar-refractivity contribution in [1.82, 2.24) is 0 Å². The molecule has 0 spiro atoms. The van der Waals surface area contributed by atoms with Crippen LogP contribution in [0.15, 0.2) is 36.5 Å². The smallest absolute Gasteiger partial charge is 0.306 e. The highest BCUT2D eigenvalue weighted by atomic mass is 16.6. The molecule has 0 saturated heterocycles. The lowest BCUT2D eigenvalue weighted by molar-refractivity contribution is -0.167.